The largest absolute Gasteiger partial charge is 0.454 e. The first-order valence-corrected chi connectivity index (χ1v) is 9.51. The van der Waals surface area contributed by atoms with Gasteiger partial charge in [-0.05, 0) is 42.0 Å². The third-order valence-corrected chi connectivity index (χ3v) is 4.52. The van der Waals surface area contributed by atoms with Crippen molar-refractivity contribution in [1.82, 2.24) is 0 Å². The zero-order chi connectivity index (χ0) is 20.0. The van der Waals surface area contributed by atoms with Crippen molar-refractivity contribution in [2.24, 2.45) is 0 Å². The van der Waals surface area contributed by atoms with Crippen molar-refractivity contribution >= 4 is 0 Å². The highest BCUT2D eigenvalue weighted by molar-refractivity contribution is 5.40. The molecule has 1 saturated heterocycles. The molecule has 148 valence electrons. The summed E-state index contributed by atoms with van der Waals surface area (Å²) >= 11 is 0. The third kappa shape index (κ3) is 5.32. The van der Waals surface area contributed by atoms with Crippen molar-refractivity contribution in [3.8, 4) is 23.3 Å². The fraction of sp³-hybridized carbons (Fsp3) is 0.391. The first-order valence-electron chi connectivity index (χ1n) is 9.51. The highest BCUT2D eigenvalue weighted by Gasteiger charge is 2.31. The molecule has 3 atom stereocenters. The molecule has 2 aromatic rings. The van der Waals surface area contributed by atoms with E-state index < -0.39 is 17.9 Å². The van der Waals surface area contributed by atoms with Gasteiger partial charge in [0.2, 0.25) is 5.79 Å². The highest BCUT2D eigenvalue weighted by atomic mass is 19.1. The molecule has 0 bridgehead atoms. The Morgan fingerprint density at radius 1 is 1.18 bits per heavy atom. The molecule has 1 N–H and O–H groups in total. The predicted molar refractivity (Wildman–Crippen MR) is 104 cm³/mol. The minimum atomic E-state index is -1.56. The molecule has 2 aromatic carbocycles. The molecular formula is C23H25FO4. The Hall–Kier alpha value is -2.39. The number of benzene rings is 2. The number of ether oxygens (including phenoxy) is 3. The molecule has 28 heavy (non-hydrogen) atoms. The lowest BCUT2D eigenvalue weighted by Crippen LogP contribution is -2.37. The lowest BCUT2D eigenvalue weighted by molar-refractivity contribution is -0.267. The summed E-state index contributed by atoms with van der Waals surface area (Å²) in [6, 6.07) is 13.9. The molecule has 0 radical (unpaired) electrons. The molecule has 4 nitrogen and oxygen atoms in total. The van der Waals surface area contributed by atoms with E-state index in [-0.39, 0.29) is 11.7 Å². The summed E-state index contributed by atoms with van der Waals surface area (Å²) in [5, 5.41) is 10.3. The van der Waals surface area contributed by atoms with Crippen LogP contribution in [0.5, 0.6) is 11.5 Å². The molecule has 3 unspecified atom stereocenters. The first kappa shape index (κ1) is 20.3. The third-order valence-electron chi connectivity index (χ3n) is 4.52. The van der Waals surface area contributed by atoms with E-state index in [4.69, 9.17) is 14.2 Å². The Kier molecular flexibility index (Phi) is 6.69. The Morgan fingerprint density at radius 2 is 1.89 bits per heavy atom. The molecule has 0 amide bonds. The summed E-state index contributed by atoms with van der Waals surface area (Å²) in [5.41, 5.74) is 0.960. The number of aliphatic hydroxyl groups is 1. The molecule has 0 spiro atoms. The van der Waals surface area contributed by atoms with E-state index in [0.717, 1.165) is 12.0 Å². The van der Waals surface area contributed by atoms with E-state index in [1.165, 1.54) is 13.0 Å². The zero-order valence-electron chi connectivity index (χ0n) is 16.2. The van der Waals surface area contributed by atoms with Crippen molar-refractivity contribution in [1.29, 1.82) is 0 Å². The molecule has 1 fully saturated rings. The van der Waals surface area contributed by atoms with Gasteiger partial charge in [-0.1, -0.05) is 43.2 Å². The molecular weight excluding hydrogens is 359 g/mol. The monoisotopic (exact) mass is 384 g/mol. The Labute approximate surface area is 165 Å². The maximum Gasteiger partial charge on any atom is 0.230 e. The molecule has 0 aliphatic carbocycles. The summed E-state index contributed by atoms with van der Waals surface area (Å²) in [6.07, 6.45) is 1.37. The number of para-hydroxylation sites is 2. The van der Waals surface area contributed by atoms with Gasteiger partial charge in [0.1, 0.15) is 5.75 Å². The molecule has 3 rings (SSSR count). The number of hydrogen-bond donors (Lipinski definition) is 1. The number of halogens is 1. The lowest BCUT2D eigenvalue weighted by atomic mass is 9.90. The van der Waals surface area contributed by atoms with Gasteiger partial charge in [-0.15, -0.1) is 0 Å². The second kappa shape index (κ2) is 9.20. The molecule has 1 heterocycles. The van der Waals surface area contributed by atoms with Gasteiger partial charge in [0.25, 0.3) is 0 Å². The average molecular weight is 384 g/mol. The second-order valence-corrected chi connectivity index (χ2v) is 6.85. The minimum Gasteiger partial charge on any atom is -0.454 e. The average Bonchev–Trinajstić information content (AvgIpc) is 2.68. The minimum absolute atomic E-state index is 0.0941. The van der Waals surface area contributed by atoms with Crippen LogP contribution in [0.15, 0.2) is 48.5 Å². The summed E-state index contributed by atoms with van der Waals surface area (Å²) in [5.74, 6) is 4.44. The number of rotatable bonds is 5. The predicted octanol–water partition coefficient (Wildman–Crippen LogP) is 4.98. The smallest absolute Gasteiger partial charge is 0.230 e. The summed E-state index contributed by atoms with van der Waals surface area (Å²) in [4.78, 5) is 0. The van der Waals surface area contributed by atoms with Crippen molar-refractivity contribution in [2.45, 2.75) is 51.1 Å². The van der Waals surface area contributed by atoms with Gasteiger partial charge >= 0.3 is 0 Å². The molecule has 1 aliphatic rings. The summed E-state index contributed by atoms with van der Waals surface area (Å²) < 4.78 is 31.2. The first-order chi connectivity index (χ1) is 13.5. The maximum absolute atomic E-state index is 14.0. The van der Waals surface area contributed by atoms with Gasteiger partial charge in [0.05, 0.1) is 6.61 Å². The van der Waals surface area contributed by atoms with Crippen LogP contribution in [0.4, 0.5) is 4.39 Å². The SMILES string of the molecule is CCC#CC(C)(O)OC1CC(c2ccccc2Oc2ccccc2F)CCO1. The van der Waals surface area contributed by atoms with Crippen LogP contribution in [-0.2, 0) is 9.47 Å². The van der Waals surface area contributed by atoms with Crippen LogP contribution in [0.2, 0.25) is 0 Å². The van der Waals surface area contributed by atoms with Gasteiger partial charge < -0.3 is 19.3 Å². The van der Waals surface area contributed by atoms with Gasteiger partial charge in [0.15, 0.2) is 17.9 Å². The van der Waals surface area contributed by atoms with Crippen LogP contribution in [0.25, 0.3) is 0 Å². The van der Waals surface area contributed by atoms with Crippen LogP contribution >= 0.6 is 0 Å². The van der Waals surface area contributed by atoms with E-state index in [0.29, 0.717) is 25.2 Å². The standard InChI is InChI=1S/C23H25FO4/c1-3-4-14-23(2,25)28-22-16-17(13-15-26-22)18-9-5-7-11-20(18)27-21-12-8-6-10-19(21)24/h5-12,17,22,25H,3,13,15-16H2,1-2H3. The zero-order valence-corrected chi connectivity index (χ0v) is 16.2. The molecule has 0 saturated carbocycles. The van der Waals surface area contributed by atoms with Crippen LogP contribution in [0.1, 0.15) is 44.6 Å². The van der Waals surface area contributed by atoms with Gasteiger partial charge in [-0.25, -0.2) is 4.39 Å². The van der Waals surface area contributed by atoms with Gasteiger partial charge in [-0.3, -0.25) is 0 Å². The quantitative estimate of drug-likeness (QED) is 0.584. The normalized spacial score (nSPS) is 21.3. The van der Waals surface area contributed by atoms with Gasteiger partial charge in [-0.2, -0.15) is 0 Å². The van der Waals surface area contributed by atoms with Crippen molar-refractivity contribution in [3.05, 3.63) is 59.9 Å². The Bertz CT molecular complexity index is 853. The van der Waals surface area contributed by atoms with Crippen LogP contribution < -0.4 is 4.74 Å². The second-order valence-electron chi connectivity index (χ2n) is 6.85. The fourth-order valence-electron chi connectivity index (χ4n) is 3.22. The van der Waals surface area contributed by atoms with Crippen molar-refractivity contribution in [2.75, 3.05) is 6.61 Å². The Balaban J connectivity index is 1.75. The highest BCUT2D eigenvalue weighted by Crippen LogP contribution is 2.38. The van der Waals surface area contributed by atoms with Crippen molar-refractivity contribution in [3.63, 3.8) is 0 Å². The van der Waals surface area contributed by atoms with Gasteiger partial charge in [0, 0.05) is 19.8 Å². The topological polar surface area (TPSA) is 47.9 Å². The van der Waals surface area contributed by atoms with Crippen LogP contribution in [0, 0.1) is 17.7 Å². The fourth-order valence-corrected chi connectivity index (χ4v) is 3.22. The van der Waals surface area contributed by atoms with E-state index >= 15 is 0 Å². The lowest BCUT2D eigenvalue weighted by Gasteiger charge is -2.33. The number of hydrogen-bond acceptors (Lipinski definition) is 4. The van der Waals surface area contributed by atoms with E-state index in [1.54, 1.807) is 18.2 Å². The van der Waals surface area contributed by atoms with E-state index in [2.05, 4.69) is 11.8 Å². The Morgan fingerprint density at radius 3 is 2.64 bits per heavy atom. The van der Waals surface area contributed by atoms with E-state index in [9.17, 15) is 9.50 Å². The van der Waals surface area contributed by atoms with Crippen LogP contribution in [0.3, 0.4) is 0 Å². The summed E-state index contributed by atoms with van der Waals surface area (Å²) in [6.45, 7) is 3.90. The van der Waals surface area contributed by atoms with E-state index in [1.807, 2.05) is 31.2 Å². The molecule has 0 aromatic heterocycles. The molecule has 1 aliphatic heterocycles. The van der Waals surface area contributed by atoms with Crippen molar-refractivity contribution < 1.29 is 23.7 Å². The van der Waals surface area contributed by atoms with Crippen LogP contribution in [-0.4, -0.2) is 23.8 Å². The molecule has 5 heteroatoms. The maximum atomic E-state index is 14.0. The summed E-state index contributed by atoms with van der Waals surface area (Å²) in [7, 11) is 0.